The van der Waals surface area contributed by atoms with E-state index in [9.17, 15) is 39.3 Å². The molecule has 43 heavy (non-hydrogen) atoms. The van der Waals surface area contributed by atoms with Gasteiger partial charge in [-0.05, 0) is 55.3 Å². The SMILES string of the molecule is CC(=O)OC[C@H]1O[C@@H](Oc2ccc(-n3c(C)nc4cc(Cl)ccc4c3=O)cc2)[C@@H](CC(=O)O)[C@H](CC(=O)O)[C@@H]1CC(=O)O. The van der Waals surface area contributed by atoms with Crippen LogP contribution >= 0.6 is 11.6 Å². The summed E-state index contributed by atoms with van der Waals surface area (Å²) in [6, 6.07) is 11.0. The van der Waals surface area contributed by atoms with Gasteiger partial charge in [-0.15, -0.1) is 0 Å². The Hall–Kier alpha value is -4.49. The van der Waals surface area contributed by atoms with Crippen molar-refractivity contribution < 1.29 is 48.7 Å². The summed E-state index contributed by atoms with van der Waals surface area (Å²) in [6.07, 6.45) is -4.08. The van der Waals surface area contributed by atoms with Crippen molar-refractivity contribution in [3.63, 3.8) is 0 Å². The molecule has 0 aliphatic carbocycles. The fourth-order valence-corrected chi connectivity index (χ4v) is 5.63. The number of hydrogen-bond donors (Lipinski definition) is 3. The van der Waals surface area contributed by atoms with E-state index in [0.717, 1.165) is 6.92 Å². The lowest BCUT2D eigenvalue weighted by Crippen LogP contribution is -2.53. The summed E-state index contributed by atoms with van der Waals surface area (Å²) in [5, 5.41) is 29.6. The van der Waals surface area contributed by atoms with Crippen LogP contribution in [0.5, 0.6) is 5.75 Å². The molecule has 0 amide bonds. The van der Waals surface area contributed by atoms with Crippen LogP contribution in [0.25, 0.3) is 16.6 Å². The second kappa shape index (κ2) is 13.2. The second-order valence-corrected chi connectivity index (χ2v) is 10.6. The van der Waals surface area contributed by atoms with Crippen LogP contribution in [0.1, 0.15) is 32.0 Å². The van der Waals surface area contributed by atoms with Crippen molar-refractivity contribution >= 4 is 46.4 Å². The fraction of sp³-hybridized carbons (Fsp3) is 0.379. The summed E-state index contributed by atoms with van der Waals surface area (Å²) in [5.41, 5.74) is 0.591. The summed E-state index contributed by atoms with van der Waals surface area (Å²) >= 11 is 6.04. The highest BCUT2D eigenvalue weighted by molar-refractivity contribution is 6.31. The summed E-state index contributed by atoms with van der Waals surface area (Å²) < 4.78 is 18.5. The fourth-order valence-electron chi connectivity index (χ4n) is 5.47. The van der Waals surface area contributed by atoms with E-state index >= 15 is 0 Å². The molecule has 2 aromatic carbocycles. The average Bonchev–Trinajstić information content (AvgIpc) is 2.91. The number of ether oxygens (including phenoxy) is 3. The van der Waals surface area contributed by atoms with Gasteiger partial charge in [-0.25, -0.2) is 4.98 Å². The maximum atomic E-state index is 13.2. The van der Waals surface area contributed by atoms with Crippen molar-refractivity contribution in [2.75, 3.05) is 6.61 Å². The number of rotatable bonds is 11. The van der Waals surface area contributed by atoms with Crippen molar-refractivity contribution in [3.8, 4) is 11.4 Å². The molecule has 0 unspecified atom stereocenters. The second-order valence-electron chi connectivity index (χ2n) is 10.2. The number of hydrogen-bond acceptors (Lipinski definition) is 9. The molecule has 1 aromatic heterocycles. The molecule has 2 heterocycles. The zero-order valence-corrected chi connectivity index (χ0v) is 23.9. The molecule has 1 aliphatic heterocycles. The first-order valence-electron chi connectivity index (χ1n) is 13.2. The van der Waals surface area contributed by atoms with E-state index in [1.807, 2.05) is 0 Å². The molecule has 14 heteroatoms. The summed E-state index contributed by atoms with van der Waals surface area (Å²) in [6.45, 7) is 2.43. The van der Waals surface area contributed by atoms with Gasteiger partial charge in [0.2, 0.25) is 6.29 Å². The number of aromatic nitrogens is 2. The highest BCUT2D eigenvalue weighted by atomic mass is 35.5. The Balaban J connectivity index is 1.68. The molecule has 5 atom stereocenters. The van der Waals surface area contributed by atoms with Crippen molar-refractivity contribution in [2.45, 2.75) is 45.5 Å². The van der Waals surface area contributed by atoms with Gasteiger partial charge in [0.1, 0.15) is 18.2 Å². The highest BCUT2D eigenvalue weighted by Crippen LogP contribution is 2.42. The van der Waals surface area contributed by atoms with E-state index in [4.69, 9.17) is 25.8 Å². The molecule has 4 rings (SSSR count). The molecule has 3 aromatic rings. The van der Waals surface area contributed by atoms with Crippen LogP contribution < -0.4 is 10.3 Å². The van der Waals surface area contributed by atoms with Crippen molar-refractivity contribution in [1.29, 1.82) is 0 Å². The lowest BCUT2D eigenvalue weighted by Gasteiger charge is -2.45. The van der Waals surface area contributed by atoms with Gasteiger partial charge in [0.15, 0.2) is 0 Å². The summed E-state index contributed by atoms with van der Waals surface area (Å²) in [4.78, 5) is 64.5. The van der Waals surface area contributed by atoms with E-state index in [1.165, 1.54) is 16.7 Å². The topological polar surface area (TPSA) is 192 Å². The summed E-state index contributed by atoms with van der Waals surface area (Å²) in [5.74, 6) is -6.88. The number of aliphatic carboxylic acids is 3. The Kier molecular flexibility index (Phi) is 9.66. The maximum absolute atomic E-state index is 13.2. The molecule has 0 radical (unpaired) electrons. The number of fused-ring (bicyclic) bond motifs is 1. The number of carbonyl (C=O) groups excluding carboxylic acids is 1. The van der Waals surface area contributed by atoms with Crippen LogP contribution in [0.4, 0.5) is 0 Å². The molecule has 228 valence electrons. The molecule has 1 aliphatic rings. The van der Waals surface area contributed by atoms with Gasteiger partial charge >= 0.3 is 23.9 Å². The number of esters is 1. The first kappa shape index (κ1) is 31.4. The van der Waals surface area contributed by atoms with Crippen LogP contribution in [0, 0.1) is 24.7 Å². The predicted octanol–water partition coefficient (Wildman–Crippen LogP) is 3.29. The standard InChI is InChI=1S/C29H29ClN2O11/c1-14-31-23-9-16(30)3-8-19(23)28(40)32(14)17-4-6-18(7-5-17)42-29-22(12-27(38)39)20(10-25(34)35)21(11-26(36)37)24(43-29)13-41-15(2)33/h3-9,20-22,24,29H,10-13H2,1-2H3,(H,34,35)(H,36,37)(H,38,39)/t20-,21+,22+,24-,29-/m1/s1. The van der Waals surface area contributed by atoms with Crippen molar-refractivity contribution in [3.05, 3.63) is 63.7 Å². The smallest absolute Gasteiger partial charge is 0.303 e. The number of benzene rings is 2. The minimum atomic E-state index is -1.33. The van der Waals surface area contributed by atoms with Crippen LogP contribution in [-0.2, 0) is 28.7 Å². The Labute approximate surface area is 249 Å². The quantitative estimate of drug-likeness (QED) is 0.267. The molecule has 1 fully saturated rings. The predicted molar refractivity (Wildman–Crippen MR) is 150 cm³/mol. The molecule has 13 nitrogen and oxygen atoms in total. The number of aryl methyl sites for hydroxylation is 1. The largest absolute Gasteiger partial charge is 0.481 e. The third-order valence-electron chi connectivity index (χ3n) is 7.26. The zero-order chi connectivity index (χ0) is 31.4. The lowest BCUT2D eigenvalue weighted by molar-refractivity contribution is -0.237. The van der Waals surface area contributed by atoms with E-state index < -0.39 is 73.3 Å². The lowest BCUT2D eigenvalue weighted by atomic mass is 9.71. The molecule has 0 saturated carbocycles. The van der Waals surface area contributed by atoms with E-state index in [1.54, 1.807) is 37.3 Å². The summed E-state index contributed by atoms with van der Waals surface area (Å²) in [7, 11) is 0. The molecule has 1 saturated heterocycles. The molecular weight excluding hydrogens is 588 g/mol. The minimum Gasteiger partial charge on any atom is -0.481 e. The highest BCUT2D eigenvalue weighted by Gasteiger charge is 2.49. The van der Waals surface area contributed by atoms with Gasteiger partial charge in [0.25, 0.3) is 5.56 Å². The normalized spacial score (nSPS) is 21.7. The van der Waals surface area contributed by atoms with Crippen LogP contribution in [0.3, 0.4) is 0 Å². The number of carboxylic acids is 3. The van der Waals surface area contributed by atoms with Gasteiger partial charge in [-0.3, -0.25) is 28.5 Å². The minimum absolute atomic E-state index is 0.201. The Morgan fingerprint density at radius 3 is 2.14 bits per heavy atom. The number of carboxylic acid groups (broad SMARTS) is 3. The Bertz CT molecular complexity index is 1600. The maximum Gasteiger partial charge on any atom is 0.303 e. The van der Waals surface area contributed by atoms with Gasteiger partial charge in [0.05, 0.1) is 35.5 Å². The van der Waals surface area contributed by atoms with Gasteiger partial charge in [-0.2, -0.15) is 0 Å². The van der Waals surface area contributed by atoms with Crippen molar-refractivity contribution in [2.24, 2.45) is 17.8 Å². The van der Waals surface area contributed by atoms with E-state index in [0.29, 0.717) is 27.4 Å². The number of nitrogens with zero attached hydrogens (tertiary/aromatic N) is 2. The van der Waals surface area contributed by atoms with E-state index in [2.05, 4.69) is 4.98 Å². The molecule has 3 N–H and O–H groups in total. The zero-order valence-electron chi connectivity index (χ0n) is 23.1. The third kappa shape index (κ3) is 7.48. The molecule has 0 bridgehead atoms. The van der Waals surface area contributed by atoms with E-state index in [-0.39, 0.29) is 17.9 Å². The third-order valence-corrected chi connectivity index (χ3v) is 7.50. The van der Waals surface area contributed by atoms with Crippen LogP contribution in [0.15, 0.2) is 47.3 Å². The monoisotopic (exact) mass is 616 g/mol. The van der Waals surface area contributed by atoms with Crippen molar-refractivity contribution in [1.82, 2.24) is 9.55 Å². The average molecular weight is 617 g/mol. The number of halogens is 1. The van der Waals surface area contributed by atoms with Crippen LogP contribution in [-0.4, -0.2) is 67.7 Å². The van der Waals surface area contributed by atoms with Crippen LogP contribution in [0.2, 0.25) is 5.02 Å². The van der Waals surface area contributed by atoms with Gasteiger partial charge < -0.3 is 29.5 Å². The molecular formula is C29H29ClN2O11. The number of carbonyl (C=O) groups is 4. The first-order valence-corrected chi connectivity index (χ1v) is 13.6. The first-order chi connectivity index (χ1) is 20.3. The van der Waals surface area contributed by atoms with Gasteiger partial charge in [0, 0.05) is 30.2 Å². The molecule has 0 spiro atoms. The Morgan fingerprint density at radius 1 is 0.930 bits per heavy atom. The Morgan fingerprint density at radius 2 is 1.53 bits per heavy atom. The van der Waals surface area contributed by atoms with Gasteiger partial charge in [-0.1, -0.05) is 11.6 Å².